The van der Waals surface area contributed by atoms with E-state index in [0.717, 1.165) is 5.75 Å². The number of hydrogen-bond donors (Lipinski definition) is 1. The molecule has 1 atom stereocenters. The van der Waals surface area contributed by atoms with E-state index in [-0.39, 0.29) is 6.04 Å². The maximum atomic E-state index is 6.56. The van der Waals surface area contributed by atoms with Gasteiger partial charge in [-0.25, -0.2) is 0 Å². The number of rotatable bonds is 4. The highest BCUT2D eigenvalue weighted by molar-refractivity contribution is 5.42. The van der Waals surface area contributed by atoms with Crippen molar-refractivity contribution in [3.05, 3.63) is 65.7 Å². The molecule has 3 aliphatic rings. The second kappa shape index (κ2) is 4.35. The molecule has 2 bridgehead atoms. The van der Waals surface area contributed by atoms with E-state index in [1.807, 2.05) is 12.1 Å². The first-order chi connectivity index (χ1) is 10.2. The fourth-order valence-electron chi connectivity index (χ4n) is 4.46. The van der Waals surface area contributed by atoms with E-state index in [2.05, 4.69) is 42.5 Å². The zero-order valence-corrected chi connectivity index (χ0v) is 12.4. The van der Waals surface area contributed by atoms with Crippen LogP contribution in [-0.4, -0.2) is 7.11 Å². The summed E-state index contributed by atoms with van der Waals surface area (Å²) in [7, 11) is 1.69. The Morgan fingerprint density at radius 1 is 0.952 bits per heavy atom. The SMILES string of the molecule is COc1ccc(C(N)C23CC(c4ccccc4)(C2)C3)cc1. The van der Waals surface area contributed by atoms with Crippen LogP contribution < -0.4 is 10.5 Å². The Morgan fingerprint density at radius 2 is 1.57 bits per heavy atom. The molecule has 0 aliphatic heterocycles. The van der Waals surface area contributed by atoms with Crippen LogP contribution in [0.5, 0.6) is 5.75 Å². The van der Waals surface area contributed by atoms with Crippen LogP contribution in [0, 0.1) is 5.41 Å². The minimum atomic E-state index is 0.147. The van der Waals surface area contributed by atoms with Crippen LogP contribution in [0.2, 0.25) is 0 Å². The van der Waals surface area contributed by atoms with Crippen molar-refractivity contribution in [2.75, 3.05) is 7.11 Å². The van der Waals surface area contributed by atoms with Gasteiger partial charge in [-0.1, -0.05) is 42.5 Å². The number of methoxy groups -OCH3 is 1. The molecule has 3 fully saturated rings. The number of nitrogens with two attached hydrogens (primary N) is 1. The molecule has 0 radical (unpaired) electrons. The molecule has 3 saturated carbocycles. The molecule has 2 aromatic carbocycles. The number of hydrogen-bond acceptors (Lipinski definition) is 2. The van der Waals surface area contributed by atoms with E-state index in [4.69, 9.17) is 10.5 Å². The lowest BCUT2D eigenvalue weighted by Gasteiger charge is -2.73. The molecule has 2 N–H and O–H groups in total. The molecule has 2 nitrogen and oxygen atoms in total. The highest BCUT2D eigenvalue weighted by atomic mass is 16.5. The molecule has 0 heterocycles. The second-order valence-corrected chi connectivity index (χ2v) is 6.79. The third-order valence-electron chi connectivity index (χ3n) is 5.59. The maximum Gasteiger partial charge on any atom is 0.118 e. The molecule has 0 spiro atoms. The van der Waals surface area contributed by atoms with Crippen molar-refractivity contribution in [3.63, 3.8) is 0 Å². The van der Waals surface area contributed by atoms with Gasteiger partial charge in [0.15, 0.2) is 0 Å². The van der Waals surface area contributed by atoms with Gasteiger partial charge < -0.3 is 10.5 Å². The fraction of sp³-hybridized carbons (Fsp3) is 0.368. The summed E-state index contributed by atoms with van der Waals surface area (Å²) in [6.07, 6.45) is 3.70. The molecule has 21 heavy (non-hydrogen) atoms. The van der Waals surface area contributed by atoms with Crippen LogP contribution in [-0.2, 0) is 5.41 Å². The lowest BCUT2D eigenvalue weighted by molar-refractivity contribution is -0.159. The van der Waals surface area contributed by atoms with Crippen LogP contribution in [0.4, 0.5) is 0 Å². The van der Waals surface area contributed by atoms with Crippen LogP contribution in [0.3, 0.4) is 0 Å². The molecule has 2 aromatic rings. The Hall–Kier alpha value is -1.80. The molecule has 3 aliphatic carbocycles. The highest BCUT2D eigenvalue weighted by Crippen LogP contribution is 2.77. The first kappa shape index (κ1) is 12.9. The fourth-order valence-corrected chi connectivity index (χ4v) is 4.46. The summed E-state index contributed by atoms with van der Waals surface area (Å²) in [4.78, 5) is 0. The van der Waals surface area contributed by atoms with Crippen molar-refractivity contribution >= 4 is 0 Å². The number of ether oxygens (including phenoxy) is 1. The van der Waals surface area contributed by atoms with E-state index >= 15 is 0 Å². The van der Waals surface area contributed by atoms with Gasteiger partial charge >= 0.3 is 0 Å². The summed E-state index contributed by atoms with van der Waals surface area (Å²) in [5.41, 5.74) is 10.0. The van der Waals surface area contributed by atoms with E-state index < -0.39 is 0 Å². The van der Waals surface area contributed by atoms with Crippen molar-refractivity contribution in [1.82, 2.24) is 0 Å². The molecule has 0 amide bonds. The molecule has 108 valence electrons. The van der Waals surface area contributed by atoms with E-state index in [1.54, 1.807) is 7.11 Å². The Morgan fingerprint density at radius 3 is 2.14 bits per heavy atom. The Bertz CT molecular complexity index is 627. The van der Waals surface area contributed by atoms with Crippen molar-refractivity contribution in [3.8, 4) is 5.75 Å². The quantitative estimate of drug-likeness (QED) is 0.923. The van der Waals surface area contributed by atoms with Gasteiger partial charge in [0, 0.05) is 6.04 Å². The summed E-state index contributed by atoms with van der Waals surface area (Å²) >= 11 is 0. The van der Waals surface area contributed by atoms with Gasteiger partial charge in [0.25, 0.3) is 0 Å². The van der Waals surface area contributed by atoms with Crippen LogP contribution in [0.25, 0.3) is 0 Å². The molecular formula is C19H21NO. The average Bonchev–Trinajstić information content (AvgIpc) is 2.46. The monoisotopic (exact) mass is 279 g/mol. The van der Waals surface area contributed by atoms with E-state index in [9.17, 15) is 0 Å². The zero-order valence-electron chi connectivity index (χ0n) is 12.4. The van der Waals surface area contributed by atoms with Crippen molar-refractivity contribution < 1.29 is 4.74 Å². The summed E-state index contributed by atoms with van der Waals surface area (Å²) < 4.78 is 5.22. The minimum Gasteiger partial charge on any atom is -0.497 e. The summed E-state index contributed by atoms with van der Waals surface area (Å²) in [6, 6.07) is 19.3. The largest absolute Gasteiger partial charge is 0.497 e. The van der Waals surface area contributed by atoms with Gasteiger partial charge in [0.05, 0.1) is 7.11 Å². The topological polar surface area (TPSA) is 35.2 Å². The summed E-state index contributed by atoms with van der Waals surface area (Å²) in [6.45, 7) is 0. The predicted molar refractivity (Wildman–Crippen MR) is 84.3 cm³/mol. The smallest absolute Gasteiger partial charge is 0.118 e. The van der Waals surface area contributed by atoms with Gasteiger partial charge in [0.2, 0.25) is 0 Å². The Balaban J connectivity index is 1.50. The first-order valence-corrected chi connectivity index (χ1v) is 7.63. The van der Waals surface area contributed by atoms with Gasteiger partial charge in [-0.15, -0.1) is 0 Å². The van der Waals surface area contributed by atoms with Gasteiger partial charge in [-0.3, -0.25) is 0 Å². The van der Waals surface area contributed by atoms with E-state index in [1.165, 1.54) is 30.4 Å². The van der Waals surface area contributed by atoms with Gasteiger partial charge in [-0.2, -0.15) is 0 Å². The summed E-state index contributed by atoms with van der Waals surface area (Å²) in [5.74, 6) is 0.893. The van der Waals surface area contributed by atoms with Crippen molar-refractivity contribution in [1.29, 1.82) is 0 Å². The lowest BCUT2D eigenvalue weighted by atomic mass is 9.31. The van der Waals surface area contributed by atoms with Crippen LogP contribution in [0.1, 0.15) is 36.4 Å². The highest BCUT2D eigenvalue weighted by Gasteiger charge is 2.70. The zero-order chi connectivity index (χ0) is 14.5. The molecule has 0 saturated heterocycles. The average molecular weight is 279 g/mol. The molecule has 5 rings (SSSR count). The van der Waals surface area contributed by atoms with Crippen LogP contribution in [0.15, 0.2) is 54.6 Å². The second-order valence-electron chi connectivity index (χ2n) is 6.79. The molecular weight excluding hydrogens is 258 g/mol. The van der Waals surface area contributed by atoms with E-state index in [0.29, 0.717) is 10.8 Å². The third-order valence-corrected chi connectivity index (χ3v) is 5.59. The standard InChI is InChI=1S/C19H21NO/c1-21-16-9-7-14(8-10-16)17(20)19-11-18(12-19,13-19)15-5-3-2-4-6-15/h2-10,17H,11-13,20H2,1H3. The number of benzene rings is 2. The Kier molecular flexibility index (Phi) is 2.67. The predicted octanol–water partition coefficient (Wildman–Crippen LogP) is 3.82. The Labute approximate surface area is 125 Å². The van der Waals surface area contributed by atoms with Gasteiger partial charge in [0.1, 0.15) is 5.75 Å². The van der Waals surface area contributed by atoms with Crippen LogP contribution >= 0.6 is 0 Å². The van der Waals surface area contributed by atoms with Gasteiger partial charge in [-0.05, 0) is 53.4 Å². The third kappa shape index (κ3) is 1.75. The maximum absolute atomic E-state index is 6.56. The van der Waals surface area contributed by atoms with Crippen molar-refractivity contribution in [2.24, 2.45) is 11.1 Å². The molecule has 2 heteroatoms. The molecule has 1 unspecified atom stereocenters. The normalized spacial score (nSPS) is 31.0. The summed E-state index contributed by atoms with van der Waals surface area (Å²) in [5, 5.41) is 0. The van der Waals surface area contributed by atoms with Crippen molar-refractivity contribution in [2.45, 2.75) is 30.7 Å². The lowest BCUT2D eigenvalue weighted by Crippen LogP contribution is -2.68. The minimum absolute atomic E-state index is 0.147. The molecule has 0 aromatic heterocycles. The first-order valence-electron chi connectivity index (χ1n) is 7.63.